The first kappa shape index (κ1) is 6.46. The van der Waals surface area contributed by atoms with Gasteiger partial charge in [-0.25, -0.2) is 4.68 Å². The largest absolute Gasteiger partial charge is 0.283 e. The van der Waals surface area contributed by atoms with Crippen LogP contribution in [0, 0.1) is 6.92 Å². The quantitative estimate of drug-likeness (QED) is 0.495. The van der Waals surface area contributed by atoms with Gasteiger partial charge < -0.3 is 0 Å². The minimum Gasteiger partial charge on any atom is -0.283 e. The van der Waals surface area contributed by atoms with Gasteiger partial charge >= 0.3 is 0 Å². The summed E-state index contributed by atoms with van der Waals surface area (Å²) in [5.41, 5.74) is 1.14. The van der Waals surface area contributed by atoms with Gasteiger partial charge in [0.05, 0.1) is 13.1 Å². The van der Waals surface area contributed by atoms with Gasteiger partial charge in [0.15, 0.2) is 0 Å². The highest BCUT2D eigenvalue weighted by molar-refractivity contribution is 5.04. The predicted molar refractivity (Wildman–Crippen MR) is 42.6 cm³/mol. The first-order valence-corrected chi connectivity index (χ1v) is 3.71. The van der Waals surface area contributed by atoms with E-state index in [0.29, 0.717) is 6.54 Å². The van der Waals surface area contributed by atoms with Crippen molar-refractivity contribution in [3.63, 3.8) is 0 Å². The number of nitrogens with zero attached hydrogens (tertiary/aromatic N) is 2. The summed E-state index contributed by atoms with van der Waals surface area (Å²) >= 11 is 0. The fourth-order valence-electron chi connectivity index (χ4n) is 1.42. The number of fused-ring (bicyclic) bond motifs is 1. The summed E-state index contributed by atoms with van der Waals surface area (Å²) in [5, 5.41) is 0. The van der Waals surface area contributed by atoms with E-state index < -0.39 is 0 Å². The van der Waals surface area contributed by atoms with E-state index in [1.807, 2.05) is 17.7 Å². The summed E-state index contributed by atoms with van der Waals surface area (Å²) in [6, 6.07) is 1.67. The second kappa shape index (κ2) is 2.12. The van der Waals surface area contributed by atoms with E-state index in [1.54, 1.807) is 10.7 Å². The van der Waals surface area contributed by atoms with Crippen molar-refractivity contribution in [1.29, 1.82) is 0 Å². The van der Waals surface area contributed by atoms with Crippen molar-refractivity contribution in [3.8, 4) is 0 Å². The van der Waals surface area contributed by atoms with Crippen LogP contribution in [0.25, 0.3) is 0 Å². The van der Waals surface area contributed by atoms with Gasteiger partial charge in [-0.15, -0.1) is 0 Å². The zero-order chi connectivity index (χ0) is 7.84. The van der Waals surface area contributed by atoms with Crippen LogP contribution < -0.4 is 5.56 Å². The third kappa shape index (κ3) is 0.843. The number of allylic oxidation sites excluding steroid dienone is 2. The Morgan fingerprint density at radius 1 is 1.27 bits per heavy atom. The summed E-state index contributed by atoms with van der Waals surface area (Å²) in [6.07, 6.45) is 4.09. The molecule has 0 N–H and O–H groups in total. The average Bonchev–Trinajstić information content (AvgIpc) is 2.30. The van der Waals surface area contributed by atoms with E-state index in [-0.39, 0.29) is 5.56 Å². The SMILES string of the molecule is Cc1cc(=O)n2n1CC=CC2. The van der Waals surface area contributed by atoms with Crippen LogP contribution in [0.15, 0.2) is 23.0 Å². The molecule has 0 spiro atoms. The minimum atomic E-state index is 0.104. The van der Waals surface area contributed by atoms with Crippen LogP contribution in [0.5, 0.6) is 0 Å². The highest BCUT2D eigenvalue weighted by Crippen LogP contribution is 2.01. The molecule has 1 aromatic rings. The fraction of sp³-hybridized carbons (Fsp3) is 0.375. The molecule has 3 nitrogen and oxygen atoms in total. The Morgan fingerprint density at radius 3 is 2.55 bits per heavy atom. The molecule has 0 saturated carbocycles. The van der Waals surface area contributed by atoms with E-state index in [2.05, 4.69) is 6.08 Å². The zero-order valence-electron chi connectivity index (χ0n) is 6.45. The van der Waals surface area contributed by atoms with Crippen molar-refractivity contribution in [3.05, 3.63) is 34.3 Å². The van der Waals surface area contributed by atoms with Gasteiger partial charge in [0, 0.05) is 11.8 Å². The molecular weight excluding hydrogens is 140 g/mol. The Kier molecular flexibility index (Phi) is 1.24. The number of aryl methyl sites for hydroxylation is 1. The molecule has 11 heavy (non-hydrogen) atoms. The van der Waals surface area contributed by atoms with Gasteiger partial charge in [-0.2, -0.15) is 0 Å². The summed E-state index contributed by atoms with van der Waals surface area (Å²) in [4.78, 5) is 11.2. The Balaban J connectivity index is 2.66. The highest BCUT2D eigenvalue weighted by atomic mass is 16.1. The first-order valence-electron chi connectivity index (χ1n) is 3.71. The Bertz CT molecular complexity index is 357. The van der Waals surface area contributed by atoms with E-state index in [9.17, 15) is 4.79 Å². The second-order valence-corrected chi connectivity index (χ2v) is 2.76. The normalized spacial score (nSPS) is 15.0. The Morgan fingerprint density at radius 2 is 1.91 bits per heavy atom. The molecule has 0 unspecified atom stereocenters. The molecule has 1 aliphatic rings. The number of hydrogen-bond donors (Lipinski definition) is 0. The maximum absolute atomic E-state index is 11.2. The van der Waals surface area contributed by atoms with Crippen LogP contribution in [0.1, 0.15) is 5.69 Å². The van der Waals surface area contributed by atoms with Crippen LogP contribution in [-0.2, 0) is 13.1 Å². The smallest absolute Gasteiger partial charge is 0.267 e. The lowest BCUT2D eigenvalue weighted by atomic mass is 10.4. The molecule has 0 atom stereocenters. The molecule has 1 aliphatic heterocycles. The molecule has 0 bridgehead atoms. The van der Waals surface area contributed by atoms with Crippen molar-refractivity contribution in [2.24, 2.45) is 0 Å². The number of rotatable bonds is 0. The van der Waals surface area contributed by atoms with Gasteiger partial charge in [0.1, 0.15) is 0 Å². The van der Waals surface area contributed by atoms with Crippen molar-refractivity contribution >= 4 is 0 Å². The number of aromatic nitrogens is 2. The lowest BCUT2D eigenvalue weighted by Gasteiger charge is -2.13. The molecule has 0 saturated heterocycles. The predicted octanol–water partition coefficient (Wildman–Crippen LogP) is 0.528. The van der Waals surface area contributed by atoms with Crippen LogP contribution >= 0.6 is 0 Å². The molecule has 3 heteroatoms. The van der Waals surface area contributed by atoms with E-state index in [4.69, 9.17) is 0 Å². The highest BCUT2D eigenvalue weighted by Gasteiger charge is 2.07. The molecule has 58 valence electrons. The van der Waals surface area contributed by atoms with Crippen LogP contribution in [0.4, 0.5) is 0 Å². The molecule has 0 radical (unpaired) electrons. The van der Waals surface area contributed by atoms with Crippen molar-refractivity contribution in [2.75, 3.05) is 0 Å². The summed E-state index contributed by atoms with van der Waals surface area (Å²) in [5.74, 6) is 0. The van der Waals surface area contributed by atoms with Crippen molar-refractivity contribution in [2.45, 2.75) is 20.0 Å². The number of hydrogen-bond acceptors (Lipinski definition) is 1. The molecular formula is C8H10N2O. The maximum atomic E-state index is 11.2. The van der Waals surface area contributed by atoms with Gasteiger partial charge in [-0.3, -0.25) is 9.48 Å². The van der Waals surface area contributed by atoms with Crippen LogP contribution in [-0.4, -0.2) is 9.36 Å². The zero-order valence-corrected chi connectivity index (χ0v) is 6.45. The molecule has 0 aromatic carbocycles. The molecule has 2 heterocycles. The molecule has 0 amide bonds. The third-order valence-corrected chi connectivity index (χ3v) is 2.01. The van der Waals surface area contributed by atoms with Gasteiger partial charge in [-0.05, 0) is 6.92 Å². The molecule has 1 aromatic heterocycles. The Labute approximate surface area is 64.5 Å². The monoisotopic (exact) mass is 150 g/mol. The molecule has 2 rings (SSSR count). The molecule has 0 fully saturated rings. The fourth-order valence-corrected chi connectivity index (χ4v) is 1.42. The minimum absolute atomic E-state index is 0.104. The average molecular weight is 150 g/mol. The third-order valence-electron chi connectivity index (χ3n) is 2.01. The molecule has 0 aliphatic carbocycles. The van der Waals surface area contributed by atoms with E-state index >= 15 is 0 Å². The second-order valence-electron chi connectivity index (χ2n) is 2.76. The van der Waals surface area contributed by atoms with E-state index in [0.717, 1.165) is 12.2 Å². The van der Waals surface area contributed by atoms with Gasteiger partial charge in [0.2, 0.25) is 0 Å². The van der Waals surface area contributed by atoms with Crippen LogP contribution in [0.2, 0.25) is 0 Å². The maximum Gasteiger partial charge on any atom is 0.267 e. The van der Waals surface area contributed by atoms with Gasteiger partial charge in [-0.1, -0.05) is 12.2 Å². The topological polar surface area (TPSA) is 26.9 Å². The van der Waals surface area contributed by atoms with Crippen molar-refractivity contribution < 1.29 is 0 Å². The van der Waals surface area contributed by atoms with Gasteiger partial charge in [0.25, 0.3) is 5.56 Å². The van der Waals surface area contributed by atoms with Crippen molar-refractivity contribution in [1.82, 2.24) is 9.36 Å². The van der Waals surface area contributed by atoms with E-state index in [1.165, 1.54) is 0 Å². The summed E-state index contributed by atoms with van der Waals surface area (Å²) < 4.78 is 3.73. The standard InChI is InChI=1S/C8H10N2O/c1-7-6-8(11)10-5-3-2-4-9(7)10/h2-3,6H,4-5H2,1H3. The lowest BCUT2D eigenvalue weighted by molar-refractivity contribution is 0.484. The lowest BCUT2D eigenvalue weighted by Crippen LogP contribution is -2.24. The first-order chi connectivity index (χ1) is 5.29. The summed E-state index contributed by atoms with van der Waals surface area (Å²) in [6.45, 7) is 3.50. The summed E-state index contributed by atoms with van der Waals surface area (Å²) in [7, 11) is 0. The Hall–Kier alpha value is -1.25. The van der Waals surface area contributed by atoms with Crippen LogP contribution in [0.3, 0.4) is 0 Å².